The molecule has 16 fully saturated rings. The third kappa shape index (κ3) is 9.44. The van der Waals surface area contributed by atoms with Crippen LogP contribution in [0.25, 0.3) is 0 Å². The van der Waals surface area contributed by atoms with E-state index in [0.29, 0.717) is 44.9 Å². The summed E-state index contributed by atoms with van der Waals surface area (Å²) in [5.41, 5.74) is 1.82. The molecule has 1 aliphatic carbocycles. The minimum absolute atomic E-state index is 0.00901. The molecule has 1 saturated carbocycles. The Labute approximate surface area is 464 Å². The molecular formula is C61H88O18. The van der Waals surface area contributed by atoms with E-state index in [9.17, 15) is 20.1 Å². The Hall–Kier alpha value is -1.69. The van der Waals surface area contributed by atoms with Gasteiger partial charge < -0.3 is 81.6 Å². The fourth-order valence-corrected chi connectivity index (χ4v) is 19.0. The molecular weight excluding hydrogens is 1020 g/mol. The van der Waals surface area contributed by atoms with Crippen LogP contribution in [-0.2, 0) is 71.1 Å². The fraction of sp³-hybridized carbons (Fsp3) is 0.918. The summed E-state index contributed by atoms with van der Waals surface area (Å²) in [6, 6.07) is 0. The third-order valence-electron chi connectivity index (χ3n) is 22.5. The van der Waals surface area contributed by atoms with Crippen LogP contribution in [0.15, 0.2) is 24.3 Å². The number of aliphatic hydroxyl groups is 3. The summed E-state index contributed by atoms with van der Waals surface area (Å²) >= 11 is 0. The molecule has 18 nitrogen and oxygen atoms in total. The second-order valence-electron chi connectivity index (χ2n) is 28.1. The average Bonchev–Trinajstić information content (AvgIpc) is 4.46. The number of carbonyl (C=O) groups excluding carboxylic acids is 1. The summed E-state index contributed by atoms with van der Waals surface area (Å²) in [5.74, 6) is -1.27. The molecule has 3 N–H and O–H groups in total. The van der Waals surface area contributed by atoms with Crippen molar-refractivity contribution in [2.45, 2.75) is 313 Å². The van der Waals surface area contributed by atoms with Crippen molar-refractivity contribution in [3.05, 3.63) is 24.3 Å². The highest BCUT2D eigenvalue weighted by atomic mass is 16.8. The van der Waals surface area contributed by atoms with Crippen LogP contribution in [0.1, 0.15) is 150 Å². The molecule has 0 amide bonds. The number of esters is 1. The second kappa shape index (κ2) is 20.2. The van der Waals surface area contributed by atoms with Crippen LogP contribution >= 0.6 is 0 Å². The molecule has 0 aromatic carbocycles. The lowest BCUT2D eigenvalue weighted by molar-refractivity contribution is -0.293. The van der Waals surface area contributed by atoms with Gasteiger partial charge in [0.15, 0.2) is 11.6 Å². The first kappa shape index (κ1) is 54.0. The fourth-order valence-electron chi connectivity index (χ4n) is 19.0. The third-order valence-corrected chi connectivity index (χ3v) is 22.5. The second-order valence-corrected chi connectivity index (χ2v) is 28.1. The predicted octanol–water partition coefficient (Wildman–Crippen LogP) is 5.59. The first-order chi connectivity index (χ1) is 38.0. The van der Waals surface area contributed by atoms with Gasteiger partial charge in [-0.25, -0.2) is 0 Å². The summed E-state index contributed by atoms with van der Waals surface area (Å²) < 4.78 is 97.1. The number of fused-ring (bicyclic) bond motifs is 10. The van der Waals surface area contributed by atoms with Gasteiger partial charge in [-0.1, -0.05) is 40.9 Å². The van der Waals surface area contributed by atoms with Gasteiger partial charge in [0.2, 0.25) is 0 Å². The molecule has 12 bridgehead atoms. The Kier molecular flexibility index (Phi) is 13.8. The van der Waals surface area contributed by atoms with Gasteiger partial charge in [0, 0.05) is 57.3 Å². The smallest absolute Gasteiger partial charge is 0.308 e. The van der Waals surface area contributed by atoms with E-state index in [-0.39, 0.29) is 158 Å². The summed E-state index contributed by atoms with van der Waals surface area (Å²) in [7, 11) is 0. The Morgan fingerprint density at radius 1 is 0.532 bits per heavy atom. The van der Waals surface area contributed by atoms with E-state index in [0.717, 1.165) is 75.4 Å². The van der Waals surface area contributed by atoms with Crippen molar-refractivity contribution < 1.29 is 86.4 Å². The molecule has 15 aliphatic heterocycles. The van der Waals surface area contributed by atoms with Crippen molar-refractivity contribution in [2.24, 2.45) is 29.6 Å². The van der Waals surface area contributed by atoms with Crippen LogP contribution in [-0.4, -0.2) is 192 Å². The van der Waals surface area contributed by atoms with Gasteiger partial charge in [-0.3, -0.25) is 4.79 Å². The average molecular weight is 1110 g/mol. The number of hydrogen-bond donors (Lipinski definition) is 3. The molecule has 0 aromatic heterocycles. The number of hydrogen-bond acceptors (Lipinski definition) is 18. The van der Waals surface area contributed by atoms with E-state index in [1.54, 1.807) is 0 Å². The monoisotopic (exact) mass is 1110 g/mol. The molecule has 3 spiro atoms. The van der Waals surface area contributed by atoms with Gasteiger partial charge in [0.25, 0.3) is 0 Å². The van der Waals surface area contributed by atoms with E-state index in [2.05, 4.69) is 40.9 Å². The maximum absolute atomic E-state index is 14.6. The van der Waals surface area contributed by atoms with Crippen LogP contribution in [0, 0.1) is 29.6 Å². The number of ether oxygens (including phenoxy) is 14. The lowest BCUT2D eigenvalue weighted by Crippen LogP contribution is -2.62. The normalized spacial score (nSPS) is 57.2. The zero-order chi connectivity index (χ0) is 54.0. The van der Waals surface area contributed by atoms with E-state index >= 15 is 0 Å². The Bertz CT molecular complexity index is 2340. The topological polar surface area (TPSA) is 207 Å². The number of aliphatic hydroxyl groups excluding tert-OH is 3. The SMILES string of the molecule is C=C1CC2CCC34CC5OC6C(OC7CCC(CC(=O)OC8C(CC9OC(CCC1O2)CC(C)C9=C)OC1CC2OC9(CC%10CC%11(CC(C)C%10O9)CC(C)C9OC(C(O)CC(O)CO)CC9O%11)CC2OC1C8C)OC7C6O3)C5O4. The maximum atomic E-state index is 14.6. The van der Waals surface area contributed by atoms with E-state index in [1.165, 1.54) is 0 Å². The largest absolute Gasteiger partial charge is 0.459 e. The van der Waals surface area contributed by atoms with Gasteiger partial charge in [0.05, 0.1) is 129 Å². The van der Waals surface area contributed by atoms with Crippen LogP contribution in [0.5, 0.6) is 0 Å². The molecule has 16 rings (SSSR count). The number of rotatable bonds is 4. The molecule has 440 valence electrons. The first-order valence-corrected chi connectivity index (χ1v) is 31.1. The number of carbonyl (C=O) groups is 1. The zero-order valence-electron chi connectivity index (χ0n) is 46.8. The van der Waals surface area contributed by atoms with Crippen molar-refractivity contribution in [1.29, 1.82) is 0 Å². The molecule has 15 heterocycles. The summed E-state index contributed by atoms with van der Waals surface area (Å²) in [6.45, 7) is 17.6. The Morgan fingerprint density at radius 3 is 2.10 bits per heavy atom. The molecule has 32 atom stereocenters. The lowest BCUT2D eigenvalue weighted by Gasteiger charge is -2.51. The molecule has 79 heavy (non-hydrogen) atoms. The van der Waals surface area contributed by atoms with Crippen LogP contribution in [0.4, 0.5) is 0 Å². The van der Waals surface area contributed by atoms with E-state index in [1.807, 2.05) is 0 Å². The predicted molar refractivity (Wildman–Crippen MR) is 277 cm³/mol. The van der Waals surface area contributed by atoms with Crippen molar-refractivity contribution in [3.8, 4) is 0 Å². The minimum Gasteiger partial charge on any atom is -0.459 e. The molecule has 0 radical (unpaired) electrons. The molecule has 15 saturated heterocycles. The highest BCUT2D eigenvalue weighted by molar-refractivity contribution is 5.70. The highest BCUT2D eigenvalue weighted by Crippen LogP contribution is 2.60. The van der Waals surface area contributed by atoms with Crippen molar-refractivity contribution in [2.75, 3.05) is 6.61 Å². The summed E-state index contributed by atoms with van der Waals surface area (Å²) in [4.78, 5) is 14.6. The van der Waals surface area contributed by atoms with Crippen molar-refractivity contribution in [1.82, 2.24) is 0 Å². The van der Waals surface area contributed by atoms with Gasteiger partial charge in [0.1, 0.15) is 36.6 Å². The van der Waals surface area contributed by atoms with Gasteiger partial charge in [-0.05, 0) is 99.0 Å². The van der Waals surface area contributed by atoms with Crippen molar-refractivity contribution in [3.63, 3.8) is 0 Å². The van der Waals surface area contributed by atoms with Crippen LogP contribution in [0.3, 0.4) is 0 Å². The van der Waals surface area contributed by atoms with Gasteiger partial charge in [-0.15, -0.1) is 0 Å². The van der Waals surface area contributed by atoms with Crippen LogP contribution in [0.2, 0.25) is 0 Å². The molecule has 16 aliphatic rings. The maximum Gasteiger partial charge on any atom is 0.308 e. The quantitative estimate of drug-likeness (QED) is 0.232. The van der Waals surface area contributed by atoms with Gasteiger partial charge in [-0.2, -0.15) is 0 Å². The Morgan fingerprint density at radius 2 is 1.25 bits per heavy atom. The standard InChI is InChI=1S/C61H88O18/c1-27-13-35-7-9-39-28(2)14-37(66-39)11-12-60-25-48-55(78-60)56-57(73-48)58(79-60)54-40(70-56)10-8-36(68-54)16-49(65)74-53-32(6)52-45(69-44(53)17-41(67-35)31(27)5)19-43-47(72-52)24-61(76-43)23-33-22-59(20-29(3)50(33)77-61)21-30(4)51-46(75-59)18-42(71-51)38(64)15-34(63)26-62/h27,29-30,32-48,50-58,62-64H,2,5,7-26H2,1,3-4,6H3. The lowest BCUT2D eigenvalue weighted by atomic mass is 9.66. The van der Waals surface area contributed by atoms with E-state index in [4.69, 9.17) is 66.3 Å². The highest BCUT2D eigenvalue weighted by Gasteiger charge is 2.70. The summed E-state index contributed by atoms with van der Waals surface area (Å²) in [5, 5.41) is 30.4. The molecule has 0 aromatic rings. The van der Waals surface area contributed by atoms with E-state index < -0.39 is 60.9 Å². The molecule has 32 unspecified atom stereocenters. The van der Waals surface area contributed by atoms with Crippen LogP contribution < -0.4 is 0 Å². The first-order valence-electron chi connectivity index (χ1n) is 31.1. The minimum atomic E-state index is -0.991. The van der Waals surface area contributed by atoms with Crippen molar-refractivity contribution >= 4 is 5.97 Å². The zero-order valence-corrected chi connectivity index (χ0v) is 46.8. The Balaban J connectivity index is 0.655. The summed E-state index contributed by atoms with van der Waals surface area (Å²) in [6.07, 6.45) is 5.15. The molecule has 18 heteroatoms. The van der Waals surface area contributed by atoms with Gasteiger partial charge >= 0.3 is 5.97 Å².